The van der Waals surface area contributed by atoms with E-state index in [2.05, 4.69) is 0 Å². The average molecular weight is 345 g/mol. The number of aliphatic imine (C=N–C) groups is 1. The van der Waals surface area contributed by atoms with E-state index in [1.165, 1.54) is 0 Å². The Labute approximate surface area is 146 Å². The predicted octanol–water partition coefficient (Wildman–Crippen LogP) is 3.37. The van der Waals surface area contributed by atoms with Gasteiger partial charge in [-0.2, -0.15) is 9.73 Å². The summed E-state index contributed by atoms with van der Waals surface area (Å²) in [5, 5.41) is 13.5. The van der Waals surface area contributed by atoms with Crippen LogP contribution in [0.5, 0.6) is 0 Å². The number of amidine groups is 1. The van der Waals surface area contributed by atoms with Gasteiger partial charge >= 0.3 is 5.84 Å². The average Bonchev–Trinajstić information content (AvgIpc) is 2.71. The summed E-state index contributed by atoms with van der Waals surface area (Å²) in [5.41, 5.74) is 2.81. The zero-order valence-corrected chi connectivity index (χ0v) is 14.6. The van der Waals surface area contributed by atoms with Crippen LogP contribution in [0.15, 0.2) is 53.5 Å². The van der Waals surface area contributed by atoms with Crippen LogP contribution in [0.25, 0.3) is 0 Å². The van der Waals surface area contributed by atoms with E-state index in [9.17, 15) is 5.21 Å². The highest BCUT2D eigenvalue weighted by Crippen LogP contribution is 2.29. The molecular weight excluding hydrogens is 326 g/mol. The Morgan fingerprint density at radius 2 is 1.88 bits per heavy atom. The summed E-state index contributed by atoms with van der Waals surface area (Å²) in [5.74, 6) is 0.613. The van der Waals surface area contributed by atoms with Crippen molar-refractivity contribution < 1.29 is 14.2 Å². The van der Waals surface area contributed by atoms with Crippen LogP contribution in [0.2, 0.25) is 5.02 Å². The van der Waals surface area contributed by atoms with Crippen molar-refractivity contribution >= 4 is 28.8 Å². The molecule has 0 saturated heterocycles. The molecule has 0 aromatic heterocycles. The van der Waals surface area contributed by atoms with E-state index in [4.69, 9.17) is 21.4 Å². The van der Waals surface area contributed by atoms with Crippen molar-refractivity contribution in [3.8, 4) is 0 Å². The SMILES string of the molecule is CO[N+](C)(C)C1=Nc2ccc(Cl)cc2C(c2ccccc2)=[N+]([O-])C1. The number of rotatable bonds is 2. The van der Waals surface area contributed by atoms with Crippen LogP contribution in [0, 0.1) is 5.21 Å². The van der Waals surface area contributed by atoms with Crippen molar-refractivity contribution in [2.75, 3.05) is 27.7 Å². The van der Waals surface area contributed by atoms with Crippen molar-refractivity contribution in [3.63, 3.8) is 0 Å². The molecule has 2 aromatic rings. The van der Waals surface area contributed by atoms with E-state index in [1.54, 1.807) is 19.2 Å². The zero-order chi connectivity index (χ0) is 17.3. The first kappa shape index (κ1) is 16.6. The van der Waals surface area contributed by atoms with Crippen molar-refractivity contribution in [1.82, 2.24) is 0 Å². The smallest absolute Gasteiger partial charge is 0.303 e. The molecule has 2 aromatic carbocycles. The summed E-state index contributed by atoms with van der Waals surface area (Å²) in [7, 11) is 5.28. The van der Waals surface area contributed by atoms with Gasteiger partial charge in [0.1, 0.15) is 14.1 Å². The van der Waals surface area contributed by atoms with Gasteiger partial charge in [-0.25, -0.2) is 4.84 Å². The maximum atomic E-state index is 13.0. The molecule has 1 aliphatic heterocycles. The highest BCUT2D eigenvalue weighted by atomic mass is 35.5. The Morgan fingerprint density at radius 1 is 1.17 bits per heavy atom. The van der Waals surface area contributed by atoms with Gasteiger partial charge in [0, 0.05) is 10.6 Å². The van der Waals surface area contributed by atoms with E-state index in [0.717, 1.165) is 15.9 Å². The lowest BCUT2D eigenvalue weighted by molar-refractivity contribution is -1.00. The van der Waals surface area contributed by atoms with E-state index >= 15 is 0 Å². The van der Waals surface area contributed by atoms with Crippen LogP contribution in [-0.2, 0) is 4.84 Å². The summed E-state index contributed by atoms with van der Waals surface area (Å²) in [6.45, 7) is 0.108. The quantitative estimate of drug-likeness (QED) is 0.363. The van der Waals surface area contributed by atoms with E-state index in [0.29, 0.717) is 22.3 Å². The summed E-state index contributed by atoms with van der Waals surface area (Å²) < 4.78 is 1.03. The molecule has 0 atom stereocenters. The largest absolute Gasteiger partial charge is 0.623 e. The molecule has 1 aliphatic rings. The summed E-state index contributed by atoms with van der Waals surface area (Å²) in [4.78, 5) is 10.2. The molecule has 0 bridgehead atoms. The van der Waals surface area contributed by atoms with Gasteiger partial charge in [0.15, 0.2) is 0 Å². The third kappa shape index (κ3) is 3.06. The van der Waals surface area contributed by atoms with Gasteiger partial charge in [0.05, 0.1) is 18.4 Å². The molecule has 0 fully saturated rings. The number of hydrogen-bond acceptors (Lipinski definition) is 3. The Kier molecular flexibility index (Phi) is 4.41. The maximum Gasteiger partial charge on any atom is 0.303 e. The first-order valence-electron chi connectivity index (χ1n) is 7.57. The lowest BCUT2D eigenvalue weighted by Gasteiger charge is -2.24. The van der Waals surface area contributed by atoms with Crippen LogP contribution in [0.1, 0.15) is 11.1 Å². The van der Waals surface area contributed by atoms with E-state index < -0.39 is 0 Å². The topological polar surface area (TPSA) is 47.7 Å². The van der Waals surface area contributed by atoms with Crippen LogP contribution < -0.4 is 0 Å². The van der Waals surface area contributed by atoms with Crippen LogP contribution in [0.4, 0.5) is 5.69 Å². The minimum Gasteiger partial charge on any atom is -0.623 e. The number of benzene rings is 2. The van der Waals surface area contributed by atoms with Crippen molar-refractivity contribution in [1.29, 1.82) is 0 Å². The van der Waals surface area contributed by atoms with Crippen LogP contribution in [-0.4, -0.2) is 48.7 Å². The maximum absolute atomic E-state index is 13.0. The fraction of sp³-hybridized carbons (Fsp3) is 0.222. The molecule has 0 N–H and O–H groups in total. The number of fused-ring (bicyclic) bond motifs is 1. The van der Waals surface area contributed by atoms with E-state index in [1.807, 2.05) is 50.5 Å². The lowest BCUT2D eigenvalue weighted by atomic mass is 10.0. The number of hydrogen-bond donors (Lipinski definition) is 0. The van der Waals surface area contributed by atoms with Gasteiger partial charge < -0.3 is 5.21 Å². The standard InChI is InChI=1S/C18H19ClN3O2/c1-22(2,24-3)17-12-21(23)18(13-7-5-4-6-8-13)15-11-14(19)9-10-16(15)20-17/h4-11H,12H2,1-3H3/q+1. The highest BCUT2D eigenvalue weighted by Gasteiger charge is 2.34. The molecule has 0 spiro atoms. The third-order valence-corrected chi connectivity index (χ3v) is 4.36. The minimum atomic E-state index is 0.0723. The second kappa shape index (κ2) is 6.36. The van der Waals surface area contributed by atoms with Gasteiger partial charge in [-0.05, 0) is 30.3 Å². The van der Waals surface area contributed by atoms with Crippen molar-refractivity contribution in [2.45, 2.75) is 0 Å². The first-order valence-corrected chi connectivity index (χ1v) is 7.95. The fourth-order valence-electron chi connectivity index (χ4n) is 2.60. The summed E-state index contributed by atoms with van der Waals surface area (Å²) in [6.07, 6.45) is 0. The molecule has 1 heterocycles. The normalized spacial score (nSPS) is 14.9. The molecule has 3 rings (SSSR count). The third-order valence-electron chi connectivity index (χ3n) is 4.12. The minimum absolute atomic E-state index is 0.0723. The molecule has 0 radical (unpaired) electrons. The molecule has 24 heavy (non-hydrogen) atoms. The number of nitrogens with zero attached hydrogens (tertiary/aromatic N) is 3. The van der Waals surface area contributed by atoms with Crippen LogP contribution >= 0.6 is 11.6 Å². The van der Waals surface area contributed by atoms with Gasteiger partial charge in [-0.15, -0.1) is 4.65 Å². The van der Waals surface area contributed by atoms with Gasteiger partial charge in [0.2, 0.25) is 12.3 Å². The second-order valence-electron chi connectivity index (χ2n) is 5.97. The molecule has 6 heteroatoms. The molecule has 0 amide bonds. The Bertz CT molecular complexity index is 829. The molecule has 0 unspecified atom stereocenters. The summed E-state index contributed by atoms with van der Waals surface area (Å²) in [6, 6.07) is 14.9. The zero-order valence-electron chi connectivity index (χ0n) is 13.9. The fourth-order valence-corrected chi connectivity index (χ4v) is 2.78. The molecular formula is C18H19ClN3O2+. The first-order chi connectivity index (χ1) is 11.4. The van der Waals surface area contributed by atoms with Crippen molar-refractivity contribution in [2.24, 2.45) is 4.99 Å². The summed E-state index contributed by atoms with van der Waals surface area (Å²) >= 11 is 6.17. The van der Waals surface area contributed by atoms with Crippen LogP contribution in [0.3, 0.4) is 0 Å². The van der Waals surface area contributed by atoms with Gasteiger partial charge in [0.25, 0.3) is 0 Å². The Hall–Kier alpha value is -2.21. The monoisotopic (exact) mass is 344 g/mol. The molecule has 124 valence electrons. The number of hydroxylamine groups is 4. The second-order valence-corrected chi connectivity index (χ2v) is 6.41. The number of halogens is 1. The molecule has 5 nitrogen and oxygen atoms in total. The van der Waals surface area contributed by atoms with E-state index in [-0.39, 0.29) is 11.2 Å². The Balaban J connectivity index is 2.26. The lowest BCUT2D eigenvalue weighted by Crippen LogP contribution is -2.47. The number of likely N-dealkylation sites (N-methyl/N-ethyl adjacent to an activating group) is 1. The molecule has 0 saturated carbocycles. The Morgan fingerprint density at radius 3 is 2.54 bits per heavy atom. The van der Waals surface area contributed by atoms with Gasteiger partial charge in [-0.1, -0.05) is 29.8 Å². The van der Waals surface area contributed by atoms with Crippen molar-refractivity contribution in [3.05, 3.63) is 69.9 Å². The van der Waals surface area contributed by atoms with Gasteiger partial charge in [-0.3, -0.25) is 0 Å². The number of quaternary nitrogens is 1. The molecule has 0 aliphatic carbocycles. The highest BCUT2D eigenvalue weighted by molar-refractivity contribution is 6.31. The predicted molar refractivity (Wildman–Crippen MR) is 95.8 cm³/mol.